The van der Waals surface area contributed by atoms with Gasteiger partial charge in [-0.25, -0.2) is 0 Å². The summed E-state index contributed by atoms with van der Waals surface area (Å²) in [5.41, 5.74) is 0. The molecule has 0 radical (unpaired) electrons. The molecule has 0 spiro atoms. The van der Waals surface area contributed by atoms with Gasteiger partial charge in [-0.15, -0.1) is 0 Å². The van der Waals surface area contributed by atoms with Gasteiger partial charge in [0.25, 0.3) is 0 Å². The van der Waals surface area contributed by atoms with E-state index < -0.39 is 0 Å². The maximum absolute atomic E-state index is 2.35. The Kier molecular flexibility index (Phi) is 2.70. The Morgan fingerprint density at radius 2 is 0.692 bits per heavy atom. The van der Waals surface area contributed by atoms with Crippen LogP contribution in [0.2, 0.25) is 0 Å². The molecule has 0 saturated heterocycles. The Bertz CT molecular complexity index is 1360. The summed E-state index contributed by atoms with van der Waals surface area (Å²) in [6.45, 7) is 0. The van der Waals surface area contributed by atoms with Crippen molar-refractivity contribution in [2.75, 3.05) is 0 Å². The van der Waals surface area contributed by atoms with Gasteiger partial charge in [0.2, 0.25) is 0 Å². The Morgan fingerprint density at radius 3 is 1.19 bits per heavy atom. The smallest absolute Gasteiger partial charge is 0.00990 e. The second-order valence-corrected chi connectivity index (χ2v) is 7.07. The molecular weight excluding hydrogens is 312 g/mol. The molecule has 0 aliphatic heterocycles. The lowest BCUT2D eigenvalue weighted by Gasteiger charge is -2.09. The molecule has 6 aromatic carbocycles. The maximum atomic E-state index is 2.35. The maximum Gasteiger partial charge on any atom is -0.00990 e. The van der Waals surface area contributed by atoms with Crippen LogP contribution in [0.15, 0.2) is 97.1 Å². The van der Waals surface area contributed by atoms with E-state index in [1.54, 1.807) is 0 Å². The molecule has 0 aromatic heterocycles. The molecule has 0 unspecified atom stereocenters. The lowest BCUT2D eigenvalue weighted by atomic mass is 9.95. The van der Waals surface area contributed by atoms with Crippen LogP contribution in [0.3, 0.4) is 0 Å². The summed E-state index contributed by atoms with van der Waals surface area (Å²) < 4.78 is 0. The van der Waals surface area contributed by atoms with Crippen LogP contribution >= 0.6 is 0 Å². The van der Waals surface area contributed by atoms with E-state index in [0.29, 0.717) is 0 Å². The highest BCUT2D eigenvalue weighted by molar-refractivity contribution is 6.16. The Hall–Kier alpha value is -3.38. The van der Waals surface area contributed by atoms with Gasteiger partial charge < -0.3 is 0 Å². The predicted molar refractivity (Wildman–Crippen MR) is 114 cm³/mol. The summed E-state index contributed by atoms with van der Waals surface area (Å²) in [5, 5.41) is 13.1. The highest BCUT2D eigenvalue weighted by Gasteiger charge is 2.06. The largest absolute Gasteiger partial charge is 0.0616 e. The molecule has 0 N–H and O–H groups in total. The molecule has 26 heavy (non-hydrogen) atoms. The van der Waals surface area contributed by atoms with Crippen molar-refractivity contribution in [1.82, 2.24) is 0 Å². The number of hydrogen-bond donors (Lipinski definition) is 0. The fourth-order valence-electron chi connectivity index (χ4n) is 4.26. The van der Waals surface area contributed by atoms with Gasteiger partial charge in [0.05, 0.1) is 0 Å². The third kappa shape index (κ3) is 1.90. The molecule has 0 aliphatic rings. The Morgan fingerprint density at radius 1 is 0.269 bits per heavy atom. The van der Waals surface area contributed by atoms with Crippen LogP contribution in [0.1, 0.15) is 0 Å². The zero-order valence-electron chi connectivity index (χ0n) is 14.2. The molecule has 0 amide bonds. The van der Waals surface area contributed by atoms with Crippen molar-refractivity contribution < 1.29 is 0 Å². The molecule has 0 heteroatoms. The predicted octanol–water partition coefficient (Wildman–Crippen LogP) is 7.45. The van der Waals surface area contributed by atoms with Crippen LogP contribution in [-0.4, -0.2) is 0 Å². The Labute approximate surface area is 151 Å². The van der Waals surface area contributed by atoms with Crippen molar-refractivity contribution in [3.05, 3.63) is 97.1 Å². The van der Waals surface area contributed by atoms with E-state index in [-0.39, 0.29) is 0 Å². The van der Waals surface area contributed by atoms with Gasteiger partial charge in [0.1, 0.15) is 0 Å². The van der Waals surface area contributed by atoms with Crippen molar-refractivity contribution >= 4 is 53.9 Å². The first-order valence-electron chi connectivity index (χ1n) is 9.04. The summed E-state index contributed by atoms with van der Waals surface area (Å²) in [4.78, 5) is 0. The van der Waals surface area contributed by atoms with Gasteiger partial charge in [0.15, 0.2) is 0 Å². The minimum absolute atomic E-state index is 1.30. The summed E-state index contributed by atoms with van der Waals surface area (Å²) in [7, 11) is 0. The third-order valence-corrected chi connectivity index (χ3v) is 5.56. The molecule has 0 saturated carbocycles. The fraction of sp³-hybridized carbons (Fsp3) is 0. The topological polar surface area (TPSA) is 0 Å². The van der Waals surface area contributed by atoms with E-state index in [1.807, 2.05) is 0 Å². The van der Waals surface area contributed by atoms with Crippen LogP contribution in [0.5, 0.6) is 0 Å². The first kappa shape index (κ1) is 13.9. The lowest BCUT2D eigenvalue weighted by molar-refractivity contribution is 1.78. The summed E-state index contributed by atoms with van der Waals surface area (Å²) >= 11 is 0. The van der Waals surface area contributed by atoms with E-state index in [2.05, 4.69) is 97.1 Å². The molecule has 6 aromatic rings. The van der Waals surface area contributed by atoms with Crippen LogP contribution in [0.25, 0.3) is 53.9 Å². The van der Waals surface area contributed by atoms with Crippen LogP contribution in [0.4, 0.5) is 0 Å². The molecule has 0 atom stereocenters. The Balaban J connectivity index is 1.78. The van der Waals surface area contributed by atoms with E-state index >= 15 is 0 Å². The number of fused-ring (bicyclic) bond motifs is 7. The number of rotatable bonds is 0. The van der Waals surface area contributed by atoms with E-state index in [1.165, 1.54) is 53.9 Å². The minimum atomic E-state index is 1.30. The normalized spacial score (nSPS) is 11.8. The second kappa shape index (κ2) is 5.06. The van der Waals surface area contributed by atoms with Gasteiger partial charge in [-0.1, -0.05) is 72.8 Å². The van der Waals surface area contributed by atoms with Gasteiger partial charge in [-0.3, -0.25) is 0 Å². The van der Waals surface area contributed by atoms with E-state index in [4.69, 9.17) is 0 Å². The summed E-state index contributed by atoms with van der Waals surface area (Å²) in [6, 6.07) is 35.6. The summed E-state index contributed by atoms with van der Waals surface area (Å²) in [6.07, 6.45) is 0. The highest BCUT2D eigenvalue weighted by Crippen LogP contribution is 2.33. The minimum Gasteiger partial charge on any atom is -0.0616 e. The first-order chi connectivity index (χ1) is 12.9. The van der Waals surface area contributed by atoms with E-state index in [9.17, 15) is 0 Å². The van der Waals surface area contributed by atoms with Gasteiger partial charge in [-0.05, 0) is 78.1 Å². The summed E-state index contributed by atoms with van der Waals surface area (Å²) in [5.74, 6) is 0. The average Bonchev–Trinajstić information content (AvgIpc) is 2.71. The fourth-order valence-corrected chi connectivity index (χ4v) is 4.26. The van der Waals surface area contributed by atoms with Crippen molar-refractivity contribution in [3.63, 3.8) is 0 Å². The number of benzene rings is 6. The molecule has 0 bridgehead atoms. The molecule has 0 nitrogen and oxygen atoms in total. The average molecular weight is 328 g/mol. The van der Waals surface area contributed by atoms with Crippen molar-refractivity contribution in [2.45, 2.75) is 0 Å². The molecule has 0 heterocycles. The van der Waals surface area contributed by atoms with Gasteiger partial charge in [0, 0.05) is 0 Å². The zero-order valence-corrected chi connectivity index (χ0v) is 14.2. The van der Waals surface area contributed by atoms with Crippen molar-refractivity contribution in [1.29, 1.82) is 0 Å². The highest BCUT2D eigenvalue weighted by atomic mass is 14.1. The van der Waals surface area contributed by atoms with Crippen LogP contribution in [0, 0.1) is 0 Å². The molecule has 0 aliphatic carbocycles. The van der Waals surface area contributed by atoms with E-state index in [0.717, 1.165) is 0 Å². The number of hydrogen-bond acceptors (Lipinski definition) is 0. The van der Waals surface area contributed by atoms with Crippen LogP contribution < -0.4 is 0 Å². The monoisotopic (exact) mass is 328 g/mol. The standard InChI is InChI=1S/C26H16/c1-3-7-23-17(5-1)9-11-19-13-22-16-26-20(14-21(22)15-25(19)23)12-10-18-6-2-4-8-24(18)26/h1-16H. The molecule has 6 rings (SSSR count). The third-order valence-electron chi connectivity index (χ3n) is 5.56. The van der Waals surface area contributed by atoms with Gasteiger partial charge >= 0.3 is 0 Å². The zero-order chi connectivity index (χ0) is 17.1. The molecular formula is C26H16. The quantitative estimate of drug-likeness (QED) is 0.200. The SMILES string of the molecule is c1ccc2c(c1)ccc1cc3cc4c(ccc5ccccc54)cc3cc12. The second-order valence-electron chi connectivity index (χ2n) is 7.07. The lowest BCUT2D eigenvalue weighted by Crippen LogP contribution is -1.82. The molecule has 0 fully saturated rings. The first-order valence-corrected chi connectivity index (χ1v) is 9.04. The molecule has 120 valence electrons. The van der Waals surface area contributed by atoms with Gasteiger partial charge in [-0.2, -0.15) is 0 Å². The van der Waals surface area contributed by atoms with Crippen molar-refractivity contribution in [2.24, 2.45) is 0 Å². The van der Waals surface area contributed by atoms with Crippen LogP contribution in [-0.2, 0) is 0 Å². The van der Waals surface area contributed by atoms with Crippen molar-refractivity contribution in [3.8, 4) is 0 Å².